The van der Waals surface area contributed by atoms with E-state index < -0.39 is 0 Å². The minimum Gasteiger partial charge on any atom is -0.303 e. The number of unbranched alkanes of at least 4 members (excludes halogenated alkanes) is 3. The molecule has 0 bridgehead atoms. The number of hydrogen-bond acceptors (Lipinski definition) is 3. The maximum absolute atomic E-state index is 8.97. The quantitative estimate of drug-likeness (QED) is 0.595. The Morgan fingerprint density at radius 2 is 1.81 bits per heavy atom. The lowest BCUT2D eigenvalue weighted by Gasteiger charge is -2.20. The smallest absolute Gasteiger partial charge is 0.103 e. The molecule has 0 aromatic carbocycles. The van der Waals surface area contributed by atoms with Crippen molar-refractivity contribution in [3.05, 3.63) is 0 Å². The van der Waals surface area contributed by atoms with E-state index in [0.717, 1.165) is 12.8 Å². The van der Waals surface area contributed by atoms with Crippen LogP contribution in [-0.4, -0.2) is 24.1 Å². The zero-order valence-corrected chi connectivity index (χ0v) is 11.8. The van der Waals surface area contributed by atoms with Gasteiger partial charge in [0.25, 0.3) is 0 Å². The van der Waals surface area contributed by atoms with Gasteiger partial charge >= 0.3 is 0 Å². The van der Waals surface area contributed by atoms with Gasteiger partial charge in [-0.1, -0.05) is 19.8 Å². The molecule has 1 atom stereocenters. The van der Waals surface area contributed by atoms with Gasteiger partial charge in [0, 0.05) is 0 Å². The van der Waals surface area contributed by atoms with Crippen LogP contribution in [0.1, 0.15) is 52.4 Å². The number of rotatable bonds is 10. The molecule has 0 fully saturated rings. The maximum Gasteiger partial charge on any atom is 0.103 e. The molecule has 0 aromatic heterocycles. The summed E-state index contributed by atoms with van der Waals surface area (Å²) in [6.07, 6.45) is 7.35. The summed E-state index contributed by atoms with van der Waals surface area (Å²) < 4.78 is 0. The van der Waals surface area contributed by atoms with Crippen LogP contribution >= 0.6 is 11.8 Å². The zero-order chi connectivity index (χ0) is 12.3. The third kappa shape index (κ3) is 8.01. The Hall–Kier alpha value is -0.200. The van der Waals surface area contributed by atoms with E-state index in [9.17, 15) is 0 Å². The molecule has 0 aromatic rings. The van der Waals surface area contributed by atoms with Gasteiger partial charge in [-0.25, -0.2) is 0 Å². The van der Waals surface area contributed by atoms with E-state index in [1.54, 1.807) is 0 Å². The molecular weight excluding hydrogens is 216 g/mol. The van der Waals surface area contributed by atoms with Crippen molar-refractivity contribution in [1.29, 1.82) is 5.26 Å². The lowest BCUT2D eigenvalue weighted by molar-refractivity contribution is 0.439. The highest BCUT2D eigenvalue weighted by molar-refractivity contribution is 7.99. The van der Waals surface area contributed by atoms with E-state index in [-0.39, 0.29) is 5.54 Å². The second kappa shape index (κ2) is 9.99. The highest BCUT2D eigenvalue weighted by atomic mass is 32.2. The van der Waals surface area contributed by atoms with Crippen molar-refractivity contribution >= 4 is 11.8 Å². The molecule has 0 heterocycles. The third-order valence-electron chi connectivity index (χ3n) is 2.91. The minimum absolute atomic E-state index is 0.327. The molecule has 1 N–H and O–H groups in total. The lowest BCUT2D eigenvalue weighted by atomic mass is 9.97. The topological polar surface area (TPSA) is 35.8 Å². The molecule has 2 nitrogen and oxygen atoms in total. The Morgan fingerprint density at radius 1 is 1.19 bits per heavy atom. The van der Waals surface area contributed by atoms with Crippen LogP contribution in [0, 0.1) is 11.3 Å². The summed E-state index contributed by atoms with van der Waals surface area (Å²) in [5, 5.41) is 12.0. The summed E-state index contributed by atoms with van der Waals surface area (Å²) in [5.41, 5.74) is -0.327. The fraction of sp³-hybridized carbons (Fsp3) is 0.923. The van der Waals surface area contributed by atoms with Gasteiger partial charge in [-0.3, -0.25) is 0 Å². The van der Waals surface area contributed by atoms with Crippen LogP contribution in [0.3, 0.4) is 0 Å². The molecule has 1 unspecified atom stereocenters. The second-order valence-corrected chi connectivity index (χ2v) is 5.70. The number of hydrogen-bond donors (Lipinski definition) is 1. The average Bonchev–Trinajstić information content (AvgIpc) is 2.32. The molecule has 94 valence electrons. The Kier molecular flexibility index (Phi) is 9.86. The summed E-state index contributed by atoms with van der Waals surface area (Å²) in [4.78, 5) is 0. The number of nitriles is 1. The van der Waals surface area contributed by atoms with E-state index in [1.807, 2.05) is 14.0 Å². The first-order valence-corrected chi connectivity index (χ1v) is 7.52. The van der Waals surface area contributed by atoms with Gasteiger partial charge in [0.1, 0.15) is 5.54 Å². The van der Waals surface area contributed by atoms with Gasteiger partial charge < -0.3 is 5.32 Å². The minimum atomic E-state index is -0.327. The molecule has 0 radical (unpaired) electrons. The van der Waals surface area contributed by atoms with Gasteiger partial charge in [0.15, 0.2) is 0 Å². The first-order valence-electron chi connectivity index (χ1n) is 6.36. The second-order valence-electron chi connectivity index (χ2n) is 4.47. The first kappa shape index (κ1) is 15.8. The van der Waals surface area contributed by atoms with Crippen LogP contribution in [0.5, 0.6) is 0 Å². The number of thioether (sulfide) groups is 1. The van der Waals surface area contributed by atoms with Crippen molar-refractivity contribution in [2.75, 3.05) is 18.6 Å². The highest BCUT2D eigenvalue weighted by Gasteiger charge is 2.19. The van der Waals surface area contributed by atoms with E-state index in [2.05, 4.69) is 30.1 Å². The average molecular weight is 242 g/mol. The van der Waals surface area contributed by atoms with Crippen LogP contribution in [0.4, 0.5) is 0 Å². The molecule has 0 saturated heterocycles. The predicted molar refractivity (Wildman–Crippen MR) is 73.8 cm³/mol. The van der Waals surface area contributed by atoms with Crippen molar-refractivity contribution in [2.24, 2.45) is 0 Å². The van der Waals surface area contributed by atoms with Crippen molar-refractivity contribution in [1.82, 2.24) is 5.32 Å². The predicted octanol–water partition coefficient (Wildman–Crippen LogP) is 3.58. The highest BCUT2D eigenvalue weighted by Crippen LogP contribution is 2.15. The van der Waals surface area contributed by atoms with Crippen LogP contribution < -0.4 is 5.32 Å². The van der Waals surface area contributed by atoms with Crippen LogP contribution in [0.15, 0.2) is 0 Å². The Labute approximate surface area is 105 Å². The van der Waals surface area contributed by atoms with Gasteiger partial charge in [0.2, 0.25) is 0 Å². The summed E-state index contributed by atoms with van der Waals surface area (Å²) in [6.45, 7) is 4.21. The summed E-state index contributed by atoms with van der Waals surface area (Å²) in [5.74, 6) is 2.55. The molecule has 0 rings (SSSR count). The Balaban J connectivity index is 3.30. The normalized spacial score (nSPS) is 14.4. The summed E-state index contributed by atoms with van der Waals surface area (Å²) >= 11 is 2.06. The van der Waals surface area contributed by atoms with Crippen molar-refractivity contribution in [2.45, 2.75) is 57.9 Å². The molecule has 0 aliphatic rings. The fourth-order valence-electron chi connectivity index (χ4n) is 1.48. The first-order chi connectivity index (χ1) is 7.68. The fourth-order valence-corrected chi connectivity index (χ4v) is 2.50. The van der Waals surface area contributed by atoms with Gasteiger partial charge in [-0.15, -0.1) is 0 Å². The van der Waals surface area contributed by atoms with E-state index >= 15 is 0 Å². The number of nitrogens with zero attached hydrogens (tertiary/aromatic N) is 1. The number of nitrogens with one attached hydrogen (secondary N) is 1. The lowest BCUT2D eigenvalue weighted by Crippen LogP contribution is -2.37. The van der Waals surface area contributed by atoms with Crippen LogP contribution in [0.2, 0.25) is 0 Å². The summed E-state index contributed by atoms with van der Waals surface area (Å²) in [7, 11) is 1.86. The Bertz CT molecular complexity index is 201. The van der Waals surface area contributed by atoms with Crippen molar-refractivity contribution in [3.63, 3.8) is 0 Å². The Morgan fingerprint density at radius 3 is 2.31 bits per heavy atom. The van der Waals surface area contributed by atoms with Gasteiger partial charge in [0.05, 0.1) is 6.07 Å². The summed E-state index contributed by atoms with van der Waals surface area (Å²) in [6, 6.07) is 2.33. The zero-order valence-electron chi connectivity index (χ0n) is 11.0. The van der Waals surface area contributed by atoms with E-state index in [1.165, 1.54) is 37.2 Å². The standard InChI is InChI=1S/C13H26N2S/c1-4-5-7-10-16-11-8-6-9-13(2,12-14)15-3/h15H,4-11H2,1-3H3. The molecule has 0 spiro atoms. The van der Waals surface area contributed by atoms with Gasteiger partial charge in [-0.2, -0.15) is 17.0 Å². The largest absolute Gasteiger partial charge is 0.303 e. The van der Waals surface area contributed by atoms with Crippen molar-refractivity contribution < 1.29 is 0 Å². The molecule has 0 aliphatic carbocycles. The molecule has 0 aliphatic heterocycles. The monoisotopic (exact) mass is 242 g/mol. The van der Waals surface area contributed by atoms with Crippen molar-refractivity contribution in [3.8, 4) is 6.07 Å². The molecular formula is C13H26N2S. The van der Waals surface area contributed by atoms with Gasteiger partial charge in [-0.05, 0) is 51.2 Å². The SMILES string of the molecule is CCCCCSCCCCC(C)(C#N)NC. The molecule has 0 amide bonds. The molecule has 0 saturated carbocycles. The third-order valence-corrected chi connectivity index (χ3v) is 4.06. The maximum atomic E-state index is 8.97. The van der Waals surface area contributed by atoms with Crippen LogP contribution in [-0.2, 0) is 0 Å². The van der Waals surface area contributed by atoms with E-state index in [0.29, 0.717) is 0 Å². The van der Waals surface area contributed by atoms with E-state index in [4.69, 9.17) is 5.26 Å². The molecule has 3 heteroatoms. The molecule has 16 heavy (non-hydrogen) atoms. The van der Waals surface area contributed by atoms with Crippen LogP contribution in [0.25, 0.3) is 0 Å².